The standard InChI is InChI=1S/C16H21NO2S/c1-10(2)16-14(8-18)20-15(17-16)9-19-13-7-5-6-11(3)12(13)4/h5-7,10,18H,8-9H2,1-4H3. The summed E-state index contributed by atoms with van der Waals surface area (Å²) >= 11 is 1.53. The summed E-state index contributed by atoms with van der Waals surface area (Å²) in [5.74, 6) is 1.22. The Morgan fingerprint density at radius 1 is 1.30 bits per heavy atom. The predicted octanol–water partition coefficient (Wildman–Crippen LogP) is 3.95. The molecule has 0 amide bonds. The van der Waals surface area contributed by atoms with E-state index >= 15 is 0 Å². The molecule has 20 heavy (non-hydrogen) atoms. The zero-order valence-electron chi connectivity index (χ0n) is 12.4. The lowest BCUT2D eigenvalue weighted by atomic mass is 10.1. The normalized spacial score (nSPS) is 11.1. The molecule has 1 aromatic carbocycles. The number of aromatic nitrogens is 1. The van der Waals surface area contributed by atoms with E-state index in [1.807, 2.05) is 12.1 Å². The third-order valence-electron chi connectivity index (χ3n) is 3.37. The first-order chi connectivity index (χ1) is 9.52. The Hall–Kier alpha value is -1.39. The van der Waals surface area contributed by atoms with Gasteiger partial charge in [-0.05, 0) is 37.0 Å². The largest absolute Gasteiger partial charge is 0.486 e. The topological polar surface area (TPSA) is 42.4 Å². The first-order valence-corrected chi connectivity index (χ1v) is 7.63. The molecule has 0 aliphatic carbocycles. The lowest BCUT2D eigenvalue weighted by Crippen LogP contribution is -1.98. The first kappa shape index (κ1) is 15.0. The molecule has 0 bridgehead atoms. The van der Waals surface area contributed by atoms with Crippen molar-refractivity contribution < 1.29 is 9.84 Å². The third-order valence-corrected chi connectivity index (χ3v) is 4.40. The van der Waals surface area contributed by atoms with E-state index in [-0.39, 0.29) is 6.61 Å². The Morgan fingerprint density at radius 2 is 2.05 bits per heavy atom. The van der Waals surface area contributed by atoms with Crippen LogP contribution in [0.3, 0.4) is 0 Å². The molecule has 0 saturated carbocycles. The molecule has 1 aromatic heterocycles. The maximum absolute atomic E-state index is 9.38. The maximum atomic E-state index is 9.38. The quantitative estimate of drug-likeness (QED) is 0.907. The highest BCUT2D eigenvalue weighted by Crippen LogP contribution is 2.27. The Labute approximate surface area is 124 Å². The van der Waals surface area contributed by atoms with Crippen LogP contribution >= 0.6 is 11.3 Å². The van der Waals surface area contributed by atoms with Crippen molar-refractivity contribution in [3.8, 4) is 5.75 Å². The molecule has 0 radical (unpaired) electrons. The van der Waals surface area contributed by atoms with Crippen LogP contribution in [0.5, 0.6) is 5.75 Å². The van der Waals surface area contributed by atoms with Crippen molar-refractivity contribution in [2.75, 3.05) is 0 Å². The molecule has 2 rings (SSSR count). The van der Waals surface area contributed by atoms with Crippen LogP contribution in [-0.2, 0) is 13.2 Å². The van der Waals surface area contributed by atoms with E-state index < -0.39 is 0 Å². The zero-order chi connectivity index (χ0) is 14.7. The number of hydrogen-bond acceptors (Lipinski definition) is 4. The van der Waals surface area contributed by atoms with Crippen LogP contribution in [0.15, 0.2) is 18.2 Å². The van der Waals surface area contributed by atoms with Gasteiger partial charge in [0.2, 0.25) is 0 Å². The van der Waals surface area contributed by atoms with Crippen molar-refractivity contribution in [2.24, 2.45) is 0 Å². The van der Waals surface area contributed by atoms with Gasteiger partial charge in [-0.1, -0.05) is 26.0 Å². The summed E-state index contributed by atoms with van der Waals surface area (Å²) in [5, 5.41) is 10.3. The molecule has 4 heteroatoms. The first-order valence-electron chi connectivity index (χ1n) is 6.81. The van der Waals surface area contributed by atoms with Gasteiger partial charge < -0.3 is 9.84 Å². The number of aliphatic hydroxyl groups excluding tert-OH is 1. The minimum absolute atomic E-state index is 0.0503. The molecule has 0 saturated heterocycles. The molecular weight excluding hydrogens is 270 g/mol. The molecule has 0 spiro atoms. The number of benzene rings is 1. The number of aliphatic hydroxyl groups is 1. The highest BCUT2D eigenvalue weighted by Gasteiger charge is 2.14. The van der Waals surface area contributed by atoms with Crippen LogP contribution in [0.4, 0.5) is 0 Å². The second-order valence-electron chi connectivity index (χ2n) is 5.22. The van der Waals surface area contributed by atoms with Crippen LogP contribution < -0.4 is 4.74 Å². The fourth-order valence-electron chi connectivity index (χ4n) is 2.06. The summed E-state index contributed by atoms with van der Waals surface area (Å²) in [7, 11) is 0. The molecule has 1 N–H and O–H groups in total. The summed E-state index contributed by atoms with van der Waals surface area (Å²) in [6.45, 7) is 8.81. The molecule has 0 aliphatic rings. The number of ether oxygens (including phenoxy) is 1. The maximum Gasteiger partial charge on any atom is 0.140 e. The fraction of sp³-hybridized carbons (Fsp3) is 0.438. The van der Waals surface area contributed by atoms with E-state index in [2.05, 4.69) is 38.7 Å². The summed E-state index contributed by atoms with van der Waals surface area (Å²) in [6, 6.07) is 6.05. The summed E-state index contributed by atoms with van der Waals surface area (Å²) in [4.78, 5) is 5.53. The Bertz CT molecular complexity index is 590. The highest BCUT2D eigenvalue weighted by molar-refractivity contribution is 7.11. The summed E-state index contributed by atoms with van der Waals surface area (Å²) in [5.41, 5.74) is 3.37. The van der Waals surface area contributed by atoms with Crippen LogP contribution in [0.25, 0.3) is 0 Å². The van der Waals surface area contributed by atoms with Crippen molar-refractivity contribution in [2.45, 2.75) is 46.8 Å². The monoisotopic (exact) mass is 291 g/mol. The Balaban J connectivity index is 2.13. The smallest absolute Gasteiger partial charge is 0.140 e. The van der Waals surface area contributed by atoms with Gasteiger partial charge in [0, 0.05) is 0 Å². The Morgan fingerprint density at radius 3 is 2.65 bits per heavy atom. The van der Waals surface area contributed by atoms with Gasteiger partial charge in [-0.15, -0.1) is 11.3 Å². The molecular formula is C16H21NO2S. The van der Waals surface area contributed by atoms with Crippen molar-refractivity contribution >= 4 is 11.3 Å². The minimum Gasteiger partial charge on any atom is -0.486 e. The number of nitrogens with zero attached hydrogens (tertiary/aromatic N) is 1. The van der Waals surface area contributed by atoms with Gasteiger partial charge in [-0.25, -0.2) is 4.98 Å². The van der Waals surface area contributed by atoms with E-state index in [0.29, 0.717) is 12.5 Å². The van der Waals surface area contributed by atoms with Crippen molar-refractivity contribution in [1.29, 1.82) is 0 Å². The molecule has 0 fully saturated rings. The van der Waals surface area contributed by atoms with Crippen LogP contribution in [0, 0.1) is 13.8 Å². The van der Waals surface area contributed by atoms with E-state index in [1.165, 1.54) is 16.9 Å². The second-order valence-corrected chi connectivity index (χ2v) is 6.38. The Kier molecular flexibility index (Phi) is 4.78. The van der Waals surface area contributed by atoms with Gasteiger partial charge in [-0.2, -0.15) is 0 Å². The van der Waals surface area contributed by atoms with Gasteiger partial charge in [0.15, 0.2) is 0 Å². The molecule has 0 aliphatic heterocycles. The fourth-order valence-corrected chi connectivity index (χ4v) is 3.06. The van der Waals surface area contributed by atoms with Crippen LogP contribution in [0.2, 0.25) is 0 Å². The highest BCUT2D eigenvalue weighted by atomic mass is 32.1. The number of rotatable bonds is 5. The van der Waals surface area contributed by atoms with Crippen molar-refractivity contribution in [3.63, 3.8) is 0 Å². The molecule has 0 atom stereocenters. The van der Waals surface area contributed by atoms with E-state index in [0.717, 1.165) is 26.9 Å². The van der Waals surface area contributed by atoms with Gasteiger partial charge in [0.05, 0.1) is 17.2 Å². The lowest BCUT2D eigenvalue weighted by molar-refractivity contribution is 0.283. The average Bonchev–Trinajstić information content (AvgIpc) is 2.84. The summed E-state index contributed by atoms with van der Waals surface area (Å²) in [6.07, 6.45) is 0. The van der Waals surface area contributed by atoms with Gasteiger partial charge in [0.25, 0.3) is 0 Å². The van der Waals surface area contributed by atoms with Gasteiger partial charge >= 0.3 is 0 Å². The lowest BCUT2D eigenvalue weighted by Gasteiger charge is -2.09. The number of thiazole rings is 1. The van der Waals surface area contributed by atoms with Gasteiger partial charge in [0.1, 0.15) is 17.4 Å². The average molecular weight is 291 g/mol. The van der Waals surface area contributed by atoms with Crippen molar-refractivity contribution in [3.05, 3.63) is 44.9 Å². The molecule has 2 aromatic rings. The molecule has 108 valence electrons. The zero-order valence-corrected chi connectivity index (χ0v) is 13.3. The van der Waals surface area contributed by atoms with Crippen LogP contribution in [0.1, 0.15) is 46.5 Å². The van der Waals surface area contributed by atoms with Gasteiger partial charge in [-0.3, -0.25) is 0 Å². The second kappa shape index (κ2) is 6.37. The van der Waals surface area contributed by atoms with E-state index in [9.17, 15) is 5.11 Å². The molecule has 0 unspecified atom stereocenters. The molecule has 1 heterocycles. The van der Waals surface area contributed by atoms with Crippen LogP contribution in [-0.4, -0.2) is 10.1 Å². The van der Waals surface area contributed by atoms with E-state index in [4.69, 9.17) is 4.74 Å². The minimum atomic E-state index is 0.0503. The number of aryl methyl sites for hydroxylation is 1. The van der Waals surface area contributed by atoms with Crippen molar-refractivity contribution in [1.82, 2.24) is 4.98 Å². The summed E-state index contributed by atoms with van der Waals surface area (Å²) < 4.78 is 5.86. The molecule has 3 nitrogen and oxygen atoms in total. The third kappa shape index (κ3) is 3.19. The SMILES string of the molecule is Cc1cccc(OCc2nc(C(C)C)c(CO)s2)c1C. The predicted molar refractivity (Wildman–Crippen MR) is 82.4 cm³/mol. The number of hydrogen-bond donors (Lipinski definition) is 1. The van der Waals surface area contributed by atoms with E-state index in [1.54, 1.807) is 0 Å².